The van der Waals surface area contributed by atoms with Crippen LogP contribution in [0.3, 0.4) is 0 Å². The molecule has 0 atom stereocenters. The zero-order chi connectivity index (χ0) is 23.9. The largest absolute Gasteiger partial charge is 0.493 e. The van der Waals surface area contributed by atoms with Gasteiger partial charge in [-0.1, -0.05) is 30.9 Å². The lowest BCUT2D eigenvalue weighted by Gasteiger charge is -2.25. The van der Waals surface area contributed by atoms with E-state index in [0.29, 0.717) is 33.8 Å². The Balaban J connectivity index is 2.17. The second kappa shape index (κ2) is 11.1. The van der Waals surface area contributed by atoms with E-state index in [4.69, 9.17) is 9.47 Å². The summed E-state index contributed by atoms with van der Waals surface area (Å²) in [5.41, 5.74) is 4.99. The van der Waals surface area contributed by atoms with Gasteiger partial charge in [0.25, 0.3) is 5.91 Å². The first-order valence-corrected chi connectivity index (χ1v) is 12.2. The van der Waals surface area contributed by atoms with Crippen LogP contribution in [-0.4, -0.2) is 47.1 Å². The van der Waals surface area contributed by atoms with Crippen molar-refractivity contribution in [3.63, 3.8) is 0 Å². The minimum atomic E-state index is -3.69. The Morgan fingerprint density at radius 2 is 1.94 bits per heavy atom. The summed E-state index contributed by atoms with van der Waals surface area (Å²) in [6, 6.07) is 8.86. The van der Waals surface area contributed by atoms with Crippen LogP contribution in [0, 0.1) is 13.8 Å². The number of para-hydroxylation sites is 1. The first kappa shape index (κ1) is 25.4. The van der Waals surface area contributed by atoms with Crippen molar-refractivity contribution in [2.24, 2.45) is 5.10 Å². The summed E-state index contributed by atoms with van der Waals surface area (Å²) >= 11 is 3.42. The molecule has 1 amide bonds. The fourth-order valence-electron chi connectivity index (χ4n) is 3.00. The van der Waals surface area contributed by atoms with Gasteiger partial charge in [0.2, 0.25) is 10.0 Å². The predicted molar refractivity (Wildman–Crippen MR) is 130 cm³/mol. The third-order valence-corrected chi connectivity index (χ3v) is 6.08. The normalized spacial score (nSPS) is 11.3. The number of anilines is 1. The van der Waals surface area contributed by atoms with Crippen LogP contribution >= 0.6 is 15.9 Å². The number of amides is 1. The van der Waals surface area contributed by atoms with E-state index >= 15 is 0 Å². The molecule has 0 heterocycles. The lowest BCUT2D eigenvalue weighted by atomic mass is 10.1. The number of sulfonamides is 1. The molecule has 0 fully saturated rings. The molecule has 8 nitrogen and oxygen atoms in total. The van der Waals surface area contributed by atoms with Crippen molar-refractivity contribution in [2.75, 3.05) is 30.8 Å². The zero-order valence-electron chi connectivity index (χ0n) is 18.4. The fourth-order valence-corrected chi connectivity index (χ4v) is 4.55. The maximum absolute atomic E-state index is 12.5. The average Bonchev–Trinajstić information content (AvgIpc) is 2.71. The second-order valence-electron chi connectivity index (χ2n) is 6.94. The number of ether oxygens (including phenoxy) is 2. The van der Waals surface area contributed by atoms with Gasteiger partial charge in [-0.2, -0.15) is 5.10 Å². The summed E-state index contributed by atoms with van der Waals surface area (Å²) in [6.45, 7) is 7.12. The van der Waals surface area contributed by atoms with E-state index in [-0.39, 0.29) is 0 Å². The van der Waals surface area contributed by atoms with Crippen molar-refractivity contribution >= 4 is 43.8 Å². The molecule has 10 heteroatoms. The van der Waals surface area contributed by atoms with Crippen LogP contribution in [0.5, 0.6) is 11.5 Å². The highest BCUT2D eigenvalue weighted by Crippen LogP contribution is 2.36. The quantitative estimate of drug-likeness (QED) is 0.291. The lowest BCUT2D eigenvalue weighted by Crippen LogP contribution is -2.39. The van der Waals surface area contributed by atoms with Crippen LogP contribution in [0.1, 0.15) is 16.7 Å². The molecule has 2 aromatic carbocycles. The number of nitrogens with one attached hydrogen (secondary N) is 1. The van der Waals surface area contributed by atoms with E-state index in [2.05, 4.69) is 33.0 Å². The van der Waals surface area contributed by atoms with Crippen LogP contribution in [0.4, 0.5) is 5.69 Å². The van der Waals surface area contributed by atoms with Crippen molar-refractivity contribution < 1.29 is 22.7 Å². The van der Waals surface area contributed by atoms with Gasteiger partial charge in [-0.15, -0.1) is 0 Å². The molecular weight excluding hydrogens is 498 g/mol. The van der Waals surface area contributed by atoms with E-state index in [1.165, 1.54) is 13.3 Å². The number of nitrogens with zero attached hydrogens (tertiary/aromatic N) is 2. The average molecular weight is 524 g/mol. The fraction of sp³-hybridized carbons (Fsp3) is 0.273. The van der Waals surface area contributed by atoms with E-state index < -0.39 is 22.5 Å². The highest BCUT2D eigenvalue weighted by atomic mass is 79.9. The van der Waals surface area contributed by atoms with Gasteiger partial charge in [0.15, 0.2) is 11.5 Å². The Morgan fingerprint density at radius 1 is 1.28 bits per heavy atom. The maximum Gasteiger partial charge on any atom is 0.260 e. The van der Waals surface area contributed by atoms with Crippen molar-refractivity contribution in [3.8, 4) is 11.5 Å². The number of carbonyl (C=O) groups excluding carboxylic acids is 1. The van der Waals surface area contributed by atoms with Crippen molar-refractivity contribution in [1.29, 1.82) is 0 Å². The van der Waals surface area contributed by atoms with Gasteiger partial charge in [-0.25, -0.2) is 13.8 Å². The molecule has 0 spiro atoms. The number of carbonyl (C=O) groups is 1. The van der Waals surface area contributed by atoms with E-state index in [0.717, 1.165) is 21.7 Å². The number of aryl methyl sites for hydroxylation is 2. The number of rotatable bonds is 10. The topological polar surface area (TPSA) is 97.3 Å². The molecule has 0 aromatic heterocycles. The monoisotopic (exact) mass is 523 g/mol. The number of halogens is 1. The Bertz CT molecular complexity index is 1110. The standard InChI is InChI=1S/C22H26BrN3O5S/c1-6-10-31-22-18(23)11-17(12-19(22)30-4)13-24-25-20(27)14-26(32(5,28)29)21-15(2)8-7-9-16(21)3/h6-9,11-13H,1,10,14H2,2-5H3,(H,25,27)/b24-13+. The minimum absolute atomic E-state index is 0.315. The van der Waals surface area contributed by atoms with E-state index in [9.17, 15) is 13.2 Å². The Morgan fingerprint density at radius 3 is 2.50 bits per heavy atom. The first-order chi connectivity index (χ1) is 15.1. The molecule has 1 N–H and O–H groups in total. The number of methoxy groups -OCH3 is 1. The molecule has 0 radical (unpaired) electrons. The molecule has 0 unspecified atom stereocenters. The molecule has 0 saturated carbocycles. The van der Waals surface area contributed by atoms with Gasteiger partial charge in [0.1, 0.15) is 13.2 Å². The van der Waals surface area contributed by atoms with Crippen LogP contribution < -0.4 is 19.2 Å². The van der Waals surface area contributed by atoms with Gasteiger partial charge in [-0.05, 0) is 58.6 Å². The minimum Gasteiger partial charge on any atom is -0.493 e. The van der Waals surface area contributed by atoms with Crippen LogP contribution in [0.15, 0.2) is 52.6 Å². The third kappa shape index (κ3) is 6.57. The summed E-state index contributed by atoms with van der Waals surface area (Å²) in [5, 5.41) is 3.94. The summed E-state index contributed by atoms with van der Waals surface area (Å²) in [4.78, 5) is 12.5. The van der Waals surface area contributed by atoms with E-state index in [1.54, 1.807) is 44.2 Å². The summed E-state index contributed by atoms with van der Waals surface area (Å²) in [5.74, 6) is 0.421. The lowest BCUT2D eigenvalue weighted by molar-refractivity contribution is -0.119. The van der Waals surface area contributed by atoms with Gasteiger partial charge >= 0.3 is 0 Å². The molecule has 0 bridgehead atoms. The van der Waals surface area contributed by atoms with Gasteiger partial charge in [-0.3, -0.25) is 9.10 Å². The Kier molecular flexibility index (Phi) is 8.85. The van der Waals surface area contributed by atoms with Crippen LogP contribution in [0.2, 0.25) is 0 Å². The molecule has 2 rings (SSSR count). The number of hydrogen-bond acceptors (Lipinski definition) is 6. The highest BCUT2D eigenvalue weighted by Gasteiger charge is 2.23. The first-order valence-electron chi connectivity index (χ1n) is 9.55. The molecule has 0 aliphatic rings. The Labute approximate surface area is 197 Å². The van der Waals surface area contributed by atoms with Crippen LogP contribution in [0.25, 0.3) is 0 Å². The molecule has 0 aliphatic heterocycles. The summed E-state index contributed by atoms with van der Waals surface area (Å²) < 4.78 is 37.3. The number of benzene rings is 2. The third-order valence-electron chi connectivity index (χ3n) is 4.38. The SMILES string of the molecule is C=CCOc1c(Br)cc(/C=N/NC(=O)CN(c2c(C)cccc2C)S(C)(=O)=O)cc1OC. The zero-order valence-corrected chi connectivity index (χ0v) is 20.8. The summed E-state index contributed by atoms with van der Waals surface area (Å²) in [7, 11) is -2.17. The molecule has 32 heavy (non-hydrogen) atoms. The molecule has 0 saturated heterocycles. The number of hydrazone groups is 1. The molecule has 2 aromatic rings. The van der Waals surface area contributed by atoms with Gasteiger partial charge in [0.05, 0.1) is 29.7 Å². The highest BCUT2D eigenvalue weighted by molar-refractivity contribution is 9.10. The van der Waals surface area contributed by atoms with Crippen molar-refractivity contribution in [1.82, 2.24) is 5.43 Å². The van der Waals surface area contributed by atoms with Crippen molar-refractivity contribution in [2.45, 2.75) is 13.8 Å². The molecule has 172 valence electrons. The second-order valence-corrected chi connectivity index (χ2v) is 9.70. The smallest absolute Gasteiger partial charge is 0.260 e. The van der Waals surface area contributed by atoms with Gasteiger partial charge < -0.3 is 9.47 Å². The molecule has 0 aliphatic carbocycles. The predicted octanol–water partition coefficient (Wildman–Crippen LogP) is 3.56. The summed E-state index contributed by atoms with van der Waals surface area (Å²) in [6.07, 6.45) is 4.11. The maximum atomic E-state index is 12.5. The Hall–Kier alpha value is -2.85. The van der Waals surface area contributed by atoms with Crippen molar-refractivity contribution in [3.05, 3.63) is 64.1 Å². The molecular formula is C22H26BrN3O5S. The van der Waals surface area contributed by atoms with Gasteiger partial charge in [0, 0.05) is 0 Å². The number of hydrogen-bond donors (Lipinski definition) is 1. The van der Waals surface area contributed by atoms with Crippen LogP contribution in [-0.2, 0) is 14.8 Å². The van der Waals surface area contributed by atoms with E-state index in [1.807, 2.05) is 6.07 Å².